The molecule has 1 atom stereocenters. The van der Waals surface area contributed by atoms with Gasteiger partial charge in [0.05, 0.1) is 5.69 Å². The van der Waals surface area contributed by atoms with Crippen LogP contribution in [0.15, 0.2) is 0 Å². The lowest BCUT2D eigenvalue weighted by atomic mass is 9.96. The van der Waals surface area contributed by atoms with Gasteiger partial charge in [-0.2, -0.15) is 5.10 Å². The van der Waals surface area contributed by atoms with Crippen molar-refractivity contribution in [1.82, 2.24) is 9.78 Å². The molecule has 0 aliphatic heterocycles. The third-order valence-corrected chi connectivity index (χ3v) is 2.83. The molecule has 0 saturated carbocycles. The van der Waals surface area contributed by atoms with Crippen LogP contribution in [-0.4, -0.2) is 16.3 Å². The summed E-state index contributed by atoms with van der Waals surface area (Å²) in [4.78, 5) is 0. The Balaban J connectivity index is 3.01. The summed E-state index contributed by atoms with van der Waals surface area (Å²) in [6, 6.07) is 0. The third kappa shape index (κ3) is 1.98. The molecule has 1 unspecified atom stereocenters. The van der Waals surface area contributed by atoms with Crippen molar-refractivity contribution in [2.75, 3.05) is 6.54 Å². The molecule has 1 heterocycles. The van der Waals surface area contributed by atoms with Crippen molar-refractivity contribution in [3.63, 3.8) is 0 Å². The van der Waals surface area contributed by atoms with Gasteiger partial charge in [0.2, 0.25) is 0 Å². The first kappa shape index (κ1) is 11.2. The van der Waals surface area contributed by atoms with Crippen molar-refractivity contribution in [2.24, 2.45) is 5.73 Å². The number of hydrogen-bond donors (Lipinski definition) is 1. The van der Waals surface area contributed by atoms with Crippen LogP contribution in [0.4, 0.5) is 0 Å². The molecule has 0 bridgehead atoms. The lowest BCUT2D eigenvalue weighted by molar-refractivity contribution is 0.628. The highest BCUT2D eigenvalue weighted by Crippen LogP contribution is 2.25. The van der Waals surface area contributed by atoms with Crippen LogP contribution in [0, 0.1) is 13.8 Å². The van der Waals surface area contributed by atoms with Crippen LogP contribution in [0.3, 0.4) is 0 Å². The Hall–Kier alpha value is -0.830. The molecule has 2 N–H and O–H groups in total. The standard InChI is InChI=1S/C11H21N3/c1-5-14-10(4)11(9(3)13-14)8(2)6-7-12/h8H,5-7,12H2,1-4H3. The van der Waals surface area contributed by atoms with Gasteiger partial charge in [0.1, 0.15) is 0 Å². The zero-order valence-corrected chi connectivity index (χ0v) is 9.67. The summed E-state index contributed by atoms with van der Waals surface area (Å²) < 4.78 is 2.07. The minimum atomic E-state index is 0.528. The number of rotatable bonds is 4. The number of nitrogens with zero attached hydrogens (tertiary/aromatic N) is 2. The maximum atomic E-state index is 5.58. The fourth-order valence-electron chi connectivity index (χ4n) is 2.13. The van der Waals surface area contributed by atoms with Gasteiger partial charge in [0.25, 0.3) is 0 Å². The molecule has 0 amide bonds. The highest BCUT2D eigenvalue weighted by Gasteiger charge is 2.15. The number of aryl methyl sites for hydroxylation is 2. The van der Waals surface area contributed by atoms with E-state index in [2.05, 4.69) is 37.5 Å². The summed E-state index contributed by atoms with van der Waals surface area (Å²) in [5, 5.41) is 4.51. The molecule has 0 fully saturated rings. The van der Waals surface area contributed by atoms with Crippen molar-refractivity contribution in [3.05, 3.63) is 17.0 Å². The molecule has 14 heavy (non-hydrogen) atoms. The van der Waals surface area contributed by atoms with E-state index >= 15 is 0 Å². The highest BCUT2D eigenvalue weighted by molar-refractivity contribution is 5.28. The van der Waals surface area contributed by atoms with Crippen molar-refractivity contribution in [1.29, 1.82) is 0 Å². The zero-order valence-electron chi connectivity index (χ0n) is 9.67. The van der Waals surface area contributed by atoms with E-state index in [-0.39, 0.29) is 0 Å². The first-order valence-electron chi connectivity index (χ1n) is 5.35. The molecule has 1 aromatic heterocycles. The lowest BCUT2D eigenvalue weighted by Gasteiger charge is -2.10. The second-order valence-electron chi connectivity index (χ2n) is 3.88. The third-order valence-electron chi connectivity index (χ3n) is 2.83. The molecule has 80 valence electrons. The molecular weight excluding hydrogens is 174 g/mol. The first-order chi connectivity index (χ1) is 6.61. The molecular formula is C11H21N3. The SMILES string of the molecule is CCn1nc(C)c(C(C)CCN)c1C. The molecule has 3 nitrogen and oxygen atoms in total. The van der Waals surface area contributed by atoms with Gasteiger partial charge in [-0.05, 0) is 45.2 Å². The van der Waals surface area contributed by atoms with Crippen LogP contribution in [0.25, 0.3) is 0 Å². The molecule has 1 aromatic rings. The van der Waals surface area contributed by atoms with Crippen LogP contribution < -0.4 is 5.73 Å². The van der Waals surface area contributed by atoms with Crippen molar-refractivity contribution >= 4 is 0 Å². The Kier molecular flexibility index (Phi) is 3.69. The minimum Gasteiger partial charge on any atom is -0.330 e. The van der Waals surface area contributed by atoms with Gasteiger partial charge in [-0.15, -0.1) is 0 Å². The molecule has 0 aromatic carbocycles. The van der Waals surface area contributed by atoms with Gasteiger partial charge in [-0.1, -0.05) is 6.92 Å². The van der Waals surface area contributed by atoms with Gasteiger partial charge in [-0.25, -0.2) is 0 Å². The first-order valence-corrected chi connectivity index (χ1v) is 5.35. The van der Waals surface area contributed by atoms with E-state index in [1.54, 1.807) is 0 Å². The van der Waals surface area contributed by atoms with Crippen LogP contribution in [0.1, 0.15) is 43.1 Å². The Morgan fingerprint density at radius 3 is 2.50 bits per heavy atom. The average Bonchev–Trinajstić information content (AvgIpc) is 2.41. The molecule has 0 spiro atoms. The van der Waals surface area contributed by atoms with E-state index in [0.717, 1.165) is 25.2 Å². The van der Waals surface area contributed by atoms with Gasteiger partial charge in [0, 0.05) is 12.2 Å². The molecule has 0 saturated heterocycles. The Morgan fingerprint density at radius 2 is 2.07 bits per heavy atom. The predicted octanol–water partition coefficient (Wildman–Crippen LogP) is 1.97. The van der Waals surface area contributed by atoms with Crippen LogP contribution in [0.2, 0.25) is 0 Å². The van der Waals surface area contributed by atoms with E-state index < -0.39 is 0 Å². The van der Waals surface area contributed by atoms with Crippen LogP contribution in [-0.2, 0) is 6.54 Å². The molecule has 3 heteroatoms. The smallest absolute Gasteiger partial charge is 0.0631 e. The zero-order chi connectivity index (χ0) is 10.7. The van der Waals surface area contributed by atoms with E-state index in [1.165, 1.54) is 11.3 Å². The molecule has 0 aliphatic rings. The van der Waals surface area contributed by atoms with Gasteiger partial charge in [-0.3, -0.25) is 4.68 Å². The van der Waals surface area contributed by atoms with Gasteiger partial charge >= 0.3 is 0 Å². The Labute approximate surface area is 86.3 Å². The maximum Gasteiger partial charge on any atom is 0.0631 e. The second kappa shape index (κ2) is 4.60. The number of hydrogen-bond acceptors (Lipinski definition) is 2. The molecule has 0 radical (unpaired) electrons. The summed E-state index contributed by atoms with van der Waals surface area (Å²) in [5.74, 6) is 0.528. The number of aromatic nitrogens is 2. The quantitative estimate of drug-likeness (QED) is 0.798. The monoisotopic (exact) mass is 195 g/mol. The van der Waals surface area contributed by atoms with Crippen molar-refractivity contribution in [2.45, 2.75) is 46.6 Å². The Bertz CT molecular complexity index is 302. The van der Waals surface area contributed by atoms with Crippen molar-refractivity contribution in [3.8, 4) is 0 Å². The van der Waals surface area contributed by atoms with E-state index in [4.69, 9.17) is 5.73 Å². The topological polar surface area (TPSA) is 43.8 Å². The molecule has 1 rings (SSSR count). The lowest BCUT2D eigenvalue weighted by Crippen LogP contribution is -2.06. The van der Waals surface area contributed by atoms with Crippen LogP contribution >= 0.6 is 0 Å². The largest absolute Gasteiger partial charge is 0.330 e. The number of nitrogens with two attached hydrogens (primary N) is 1. The summed E-state index contributed by atoms with van der Waals surface area (Å²) in [6.07, 6.45) is 1.04. The van der Waals surface area contributed by atoms with Gasteiger partial charge in [0.15, 0.2) is 0 Å². The van der Waals surface area contributed by atoms with E-state index in [9.17, 15) is 0 Å². The van der Waals surface area contributed by atoms with Crippen LogP contribution in [0.5, 0.6) is 0 Å². The highest BCUT2D eigenvalue weighted by atomic mass is 15.3. The van der Waals surface area contributed by atoms with Gasteiger partial charge < -0.3 is 5.73 Å². The fourth-order valence-corrected chi connectivity index (χ4v) is 2.13. The van der Waals surface area contributed by atoms with E-state index in [0.29, 0.717) is 5.92 Å². The fraction of sp³-hybridized carbons (Fsp3) is 0.727. The normalized spacial score (nSPS) is 13.2. The summed E-state index contributed by atoms with van der Waals surface area (Å²) >= 11 is 0. The Morgan fingerprint density at radius 1 is 1.43 bits per heavy atom. The summed E-state index contributed by atoms with van der Waals surface area (Å²) in [6.45, 7) is 10.3. The minimum absolute atomic E-state index is 0.528. The summed E-state index contributed by atoms with van der Waals surface area (Å²) in [5.41, 5.74) is 9.42. The van der Waals surface area contributed by atoms with E-state index in [1.807, 2.05) is 0 Å². The predicted molar refractivity (Wildman–Crippen MR) is 59.5 cm³/mol. The maximum absolute atomic E-state index is 5.58. The summed E-state index contributed by atoms with van der Waals surface area (Å²) in [7, 11) is 0. The van der Waals surface area contributed by atoms with Crippen molar-refractivity contribution < 1.29 is 0 Å². The average molecular weight is 195 g/mol. The molecule has 0 aliphatic carbocycles. The second-order valence-corrected chi connectivity index (χ2v) is 3.88.